The molecular formula is C14H15N3O. The molecule has 0 atom stereocenters. The number of aryl methyl sites for hydroxylation is 1. The van der Waals surface area contributed by atoms with E-state index in [1.807, 2.05) is 43.3 Å². The molecule has 0 radical (unpaired) electrons. The zero-order valence-electron chi connectivity index (χ0n) is 10.4. The Hall–Kier alpha value is -2.36. The highest BCUT2D eigenvalue weighted by Gasteiger charge is 2.00. The smallest absolute Gasteiger partial charge is 0.221 e. The second-order valence-electron chi connectivity index (χ2n) is 4.05. The van der Waals surface area contributed by atoms with Gasteiger partial charge in [0.1, 0.15) is 5.82 Å². The van der Waals surface area contributed by atoms with Crippen LogP contribution >= 0.6 is 0 Å². The topological polar surface area (TPSA) is 54.0 Å². The molecule has 2 N–H and O–H groups in total. The Kier molecular flexibility index (Phi) is 3.57. The van der Waals surface area contributed by atoms with E-state index in [-0.39, 0.29) is 5.91 Å². The van der Waals surface area contributed by atoms with E-state index in [2.05, 4.69) is 15.6 Å². The van der Waals surface area contributed by atoms with Crippen molar-refractivity contribution in [3.05, 3.63) is 48.2 Å². The fourth-order valence-electron chi connectivity index (χ4n) is 1.60. The van der Waals surface area contributed by atoms with Gasteiger partial charge in [-0.05, 0) is 30.7 Å². The van der Waals surface area contributed by atoms with Crippen LogP contribution in [-0.2, 0) is 4.79 Å². The van der Waals surface area contributed by atoms with Crippen LogP contribution in [0.5, 0.6) is 0 Å². The molecule has 1 aromatic heterocycles. The minimum Gasteiger partial charge on any atom is -0.340 e. The summed E-state index contributed by atoms with van der Waals surface area (Å²) in [5, 5.41) is 5.91. The van der Waals surface area contributed by atoms with E-state index < -0.39 is 0 Å². The molecule has 0 fully saturated rings. The number of benzene rings is 1. The summed E-state index contributed by atoms with van der Waals surface area (Å²) in [6, 6.07) is 11.6. The van der Waals surface area contributed by atoms with E-state index in [9.17, 15) is 4.79 Å². The predicted octanol–water partition coefficient (Wildman–Crippen LogP) is 3.09. The molecule has 0 aliphatic rings. The number of carbonyl (C=O) groups is 1. The SMILES string of the molecule is CC(=O)Nc1ccc(Nc2ccccc2C)nc1. The molecule has 2 rings (SSSR count). The monoisotopic (exact) mass is 241 g/mol. The number of pyridine rings is 1. The maximum absolute atomic E-state index is 10.9. The molecular weight excluding hydrogens is 226 g/mol. The Morgan fingerprint density at radius 2 is 1.94 bits per heavy atom. The highest BCUT2D eigenvalue weighted by molar-refractivity contribution is 5.88. The molecule has 1 heterocycles. The van der Waals surface area contributed by atoms with Gasteiger partial charge in [0.05, 0.1) is 11.9 Å². The molecule has 1 aromatic carbocycles. The number of para-hydroxylation sites is 1. The Morgan fingerprint density at radius 3 is 2.56 bits per heavy atom. The summed E-state index contributed by atoms with van der Waals surface area (Å²) in [6.07, 6.45) is 1.63. The third-order valence-corrected chi connectivity index (χ3v) is 2.49. The summed E-state index contributed by atoms with van der Waals surface area (Å²) in [5.74, 6) is 0.648. The number of carbonyl (C=O) groups excluding carboxylic acids is 1. The van der Waals surface area contributed by atoms with Crippen LogP contribution in [0.1, 0.15) is 12.5 Å². The second kappa shape index (κ2) is 5.31. The molecule has 4 heteroatoms. The van der Waals surface area contributed by atoms with E-state index in [4.69, 9.17) is 0 Å². The average molecular weight is 241 g/mol. The molecule has 0 unspecified atom stereocenters. The van der Waals surface area contributed by atoms with E-state index in [0.29, 0.717) is 5.69 Å². The number of nitrogens with zero attached hydrogens (tertiary/aromatic N) is 1. The van der Waals surface area contributed by atoms with Crippen molar-refractivity contribution in [2.24, 2.45) is 0 Å². The molecule has 1 amide bonds. The standard InChI is InChI=1S/C14H15N3O/c1-10-5-3-4-6-13(10)17-14-8-7-12(9-15-14)16-11(2)18/h3-9H,1-2H3,(H,15,17)(H,16,18). The molecule has 4 nitrogen and oxygen atoms in total. The van der Waals surface area contributed by atoms with Crippen molar-refractivity contribution in [3.63, 3.8) is 0 Å². The molecule has 0 bridgehead atoms. The van der Waals surface area contributed by atoms with Crippen molar-refractivity contribution >= 4 is 23.1 Å². The Balaban J connectivity index is 2.11. The van der Waals surface area contributed by atoms with Crippen molar-refractivity contribution in [1.29, 1.82) is 0 Å². The van der Waals surface area contributed by atoms with Gasteiger partial charge in [-0.15, -0.1) is 0 Å². The second-order valence-corrected chi connectivity index (χ2v) is 4.05. The minimum absolute atomic E-state index is 0.101. The quantitative estimate of drug-likeness (QED) is 0.868. The lowest BCUT2D eigenvalue weighted by atomic mass is 10.2. The first kappa shape index (κ1) is 12.1. The lowest BCUT2D eigenvalue weighted by Gasteiger charge is -2.09. The number of aromatic nitrogens is 1. The van der Waals surface area contributed by atoms with E-state index >= 15 is 0 Å². The van der Waals surface area contributed by atoms with Crippen molar-refractivity contribution in [2.75, 3.05) is 10.6 Å². The fourth-order valence-corrected chi connectivity index (χ4v) is 1.60. The van der Waals surface area contributed by atoms with Crippen LogP contribution in [-0.4, -0.2) is 10.9 Å². The van der Waals surface area contributed by atoms with Crippen LogP contribution in [0.25, 0.3) is 0 Å². The van der Waals surface area contributed by atoms with Crippen LogP contribution in [0, 0.1) is 6.92 Å². The van der Waals surface area contributed by atoms with Crippen LogP contribution in [0.3, 0.4) is 0 Å². The van der Waals surface area contributed by atoms with Gasteiger partial charge in [-0.3, -0.25) is 4.79 Å². The Morgan fingerprint density at radius 1 is 1.17 bits per heavy atom. The number of hydrogen-bond acceptors (Lipinski definition) is 3. The van der Waals surface area contributed by atoms with E-state index in [1.54, 1.807) is 6.20 Å². The zero-order chi connectivity index (χ0) is 13.0. The Bertz CT molecular complexity index is 549. The van der Waals surface area contributed by atoms with E-state index in [0.717, 1.165) is 17.1 Å². The highest BCUT2D eigenvalue weighted by atomic mass is 16.1. The lowest BCUT2D eigenvalue weighted by Crippen LogP contribution is -2.06. The molecule has 0 saturated carbocycles. The van der Waals surface area contributed by atoms with Crippen LogP contribution in [0.15, 0.2) is 42.6 Å². The number of amides is 1. The summed E-state index contributed by atoms with van der Waals surface area (Å²) in [5.41, 5.74) is 2.88. The summed E-state index contributed by atoms with van der Waals surface area (Å²) in [7, 11) is 0. The number of anilines is 3. The lowest BCUT2D eigenvalue weighted by molar-refractivity contribution is -0.114. The fraction of sp³-hybridized carbons (Fsp3) is 0.143. The summed E-state index contributed by atoms with van der Waals surface area (Å²) >= 11 is 0. The first-order chi connectivity index (χ1) is 8.65. The zero-order valence-corrected chi connectivity index (χ0v) is 10.4. The largest absolute Gasteiger partial charge is 0.340 e. The van der Waals surface area contributed by atoms with Gasteiger partial charge in [-0.2, -0.15) is 0 Å². The Labute approximate surface area is 106 Å². The van der Waals surface area contributed by atoms with Gasteiger partial charge in [-0.1, -0.05) is 18.2 Å². The predicted molar refractivity (Wildman–Crippen MR) is 73.0 cm³/mol. The number of nitrogens with one attached hydrogen (secondary N) is 2. The number of rotatable bonds is 3. The van der Waals surface area contributed by atoms with Crippen molar-refractivity contribution in [1.82, 2.24) is 4.98 Å². The van der Waals surface area contributed by atoms with E-state index in [1.165, 1.54) is 6.92 Å². The molecule has 0 aliphatic heterocycles. The van der Waals surface area contributed by atoms with Gasteiger partial charge >= 0.3 is 0 Å². The first-order valence-corrected chi connectivity index (χ1v) is 5.71. The van der Waals surface area contributed by atoms with Crippen LogP contribution < -0.4 is 10.6 Å². The molecule has 0 saturated heterocycles. The van der Waals surface area contributed by atoms with Gasteiger partial charge < -0.3 is 10.6 Å². The minimum atomic E-state index is -0.101. The van der Waals surface area contributed by atoms with Gasteiger partial charge in [0.2, 0.25) is 5.91 Å². The molecule has 0 spiro atoms. The summed E-state index contributed by atoms with van der Waals surface area (Å²) in [6.45, 7) is 3.51. The molecule has 0 aliphatic carbocycles. The molecule has 2 aromatic rings. The van der Waals surface area contributed by atoms with Crippen molar-refractivity contribution < 1.29 is 4.79 Å². The van der Waals surface area contributed by atoms with Gasteiger partial charge in [-0.25, -0.2) is 4.98 Å². The van der Waals surface area contributed by atoms with Gasteiger partial charge in [0.15, 0.2) is 0 Å². The van der Waals surface area contributed by atoms with Crippen molar-refractivity contribution in [2.45, 2.75) is 13.8 Å². The van der Waals surface area contributed by atoms with Crippen molar-refractivity contribution in [3.8, 4) is 0 Å². The maximum Gasteiger partial charge on any atom is 0.221 e. The van der Waals surface area contributed by atoms with Crippen LogP contribution in [0.2, 0.25) is 0 Å². The summed E-state index contributed by atoms with van der Waals surface area (Å²) in [4.78, 5) is 15.1. The average Bonchev–Trinajstić information content (AvgIpc) is 2.34. The molecule has 18 heavy (non-hydrogen) atoms. The third kappa shape index (κ3) is 3.07. The van der Waals surface area contributed by atoms with Gasteiger partial charge in [0.25, 0.3) is 0 Å². The highest BCUT2D eigenvalue weighted by Crippen LogP contribution is 2.19. The normalized spacial score (nSPS) is 9.89. The van der Waals surface area contributed by atoms with Gasteiger partial charge in [0, 0.05) is 12.6 Å². The maximum atomic E-state index is 10.9. The first-order valence-electron chi connectivity index (χ1n) is 5.71. The molecule has 92 valence electrons. The number of hydrogen-bond donors (Lipinski definition) is 2. The third-order valence-electron chi connectivity index (χ3n) is 2.49. The van der Waals surface area contributed by atoms with Crippen LogP contribution in [0.4, 0.5) is 17.2 Å². The summed E-state index contributed by atoms with van der Waals surface area (Å²) < 4.78 is 0.